The molecule has 0 aromatic carbocycles. The minimum Gasteiger partial charge on any atom is -0.299 e. The summed E-state index contributed by atoms with van der Waals surface area (Å²) in [5, 5.41) is 0. The summed E-state index contributed by atoms with van der Waals surface area (Å²) in [6, 6.07) is 0. The van der Waals surface area contributed by atoms with Crippen LogP contribution in [0.5, 0.6) is 0 Å². The van der Waals surface area contributed by atoms with E-state index in [-0.39, 0.29) is 5.41 Å². The molecule has 0 aliphatic heterocycles. The molecule has 1 nitrogen and oxygen atoms in total. The van der Waals surface area contributed by atoms with Gasteiger partial charge >= 0.3 is 0 Å². The van der Waals surface area contributed by atoms with Crippen LogP contribution in [0.3, 0.4) is 0 Å². The van der Waals surface area contributed by atoms with Crippen molar-refractivity contribution in [3.63, 3.8) is 0 Å². The summed E-state index contributed by atoms with van der Waals surface area (Å²) in [4.78, 5) is 12.9. The third-order valence-electron chi connectivity index (χ3n) is 7.35. The highest BCUT2D eigenvalue weighted by Crippen LogP contribution is 2.63. The lowest BCUT2D eigenvalue weighted by molar-refractivity contribution is -0.143. The van der Waals surface area contributed by atoms with E-state index in [1.54, 1.807) is 0 Å². The maximum Gasteiger partial charge on any atom is 0.137 e. The van der Waals surface area contributed by atoms with Gasteiger partial charge in [-0.05, 0) is 54.3 Å². The van der Waals surface area contributed by atoms with Gasteiger partial charge in [-0.1, -0.05) is 44.6 Å². The van der Waals surface area contributed by atoms with Crippen molar-refractivity contribution in [2.45, 2.75) is 52.4 Å². The summed E-state index contributed by atoms with van der Waals surface area (Å²) in [5.41, 5.74) is 0.700. The number of Topliss-reactive ketones (excluding diaryl/α,β-unsaturated/α-hetero) is 1. The standard InChI is InChI=1S/C19H26O/c1-18-9-5-7-14(18)17-15(8-11-18)19(2)10-4-3-6-13(19)12-16(17)20/h3-4,6,10,13-15,17H,5,7-9,11-12H2,1-2H3/t13?,14-,15-,17-,18-,19-/m0/s1. The zero-order chi connectivity index (χ0) is 14.0. The highest BCUT2D eigenvalue weighted by atomic mass is 16.1. The summed E-state index contributed by atoms with van der Waals surface area (Å²) < 4.78 is 0. The summed E-state index contributed by atoms with van der Waals surface area (Å²) in [7, 11) is 0. The lowest BCUT2D eigenvalue weighted by atomic mass is 9.47. The Morgan fingerprint density at radius 1 is 1.10 bits per heavy atom. The first-order chi connectivity index (χ1) is 9.55. The topological polar surface area (TPSA) is 17.1 Å². The van der Waals surface area contributed by atoms with E-state index in [1.807, 2.05) is 0 Å². The van der Waals surface area contributed by atoms with Gasteiger partial charge in [-0.2, -0.15) is 0 Å². The fourth-order valence-corrected chi connectivity index (χ4v) is 6.11. The molecule has 0 aromatic heterocycles. The van der Waals surface area contributed by atoms with E-state index in [0.29, 0.717) is 34.9 Å². The molecule has 6 atom stereocenters. The zero-order valence-corrected chi connectivity index (χ0v) is 12.8. The predicted molar refractivity (Wildman–Crippen MR) is 81.2 cm³/mol. The van der Waals surface area contributed by atoms with Gasteiger partial charge in [0.25, 0.3) is 0 Å². The largest absolute Gasteiger partial charge is 0.299 e. The number of hydrogen-bond acceptors (Lipinski definition) is 1. The number of hydrogen-bond donors (Lipinski definition) is 0. The molecule has 20 heavy (non-hydrogen) atoms. The quantitative estimate of drug-likeness (QED) is 0.631. The van der Waals surface area contributed by atoms with E-state index in [1.165, 1.54) is 32.1 Å². The average molecular weight is 270 g/mol. The molecule has 0 bridgehead atoms. The van der Waals surface area contributed by atoms with E-state index in [0.717, 1.165) is 6.42 Å². The van der Waals surface area contributed by atoms with Gasteiger partial charge in [0.1, 0.15) is 5.78 Å². The second-order valence-corrected chi connectivity index (χ2v) is 8.21. The average Bonchev–Trinajstić information content (AvgIpc) is 2.81. The molecule has 4 rings (SSSR count). The molecule has 1 unspecified atom stereocenters. The second kappa shape index (κ2) is 4.08. The molecule has 1 heteroatoms. The third kappa shape index (κ3) is 1.53. The fourth-order valence-electron chi connectivity index (χ4n) is 6.11. The van der Waals surface area contributed by atoms with Crippen LogP contribution in [0.1, 0.15) is 52.4 Å². The van der Waals surface area contributed by atoms with Crippen LogP contribution in [0.2, 0.25) is 0 Å². The van der Waals surface area contributed by atoms with Crippen molar-refractivity contribution in [1.82, 2.24) is 0 Å². The minimum absolute atomic E-state index is 0.233. The highest BCUT2D eigenvalue weighted by Gasteiger charge is 2.58. The summed E-state index contributed by atoms with van der Waals surface area (Å²) in [6.45, 7) is 4.87. The Morgan fingerprint density at radius 3 is 2.80 bits per heavy atom. The van der Waals surface area contributed by atoms with E-state index in [2.05, 4.69) is 38.2 Å². The fraction of sp³-hybridized carbons (Fsp3) is 0.737. The van der Waals surface area contributed by atoms with Gasteiger partial charge in [-0.3, -0.25) is 4.79 Å². The monoisotopic (exact) mass is 270 g/mol. The molecule has 0 N–H and O–H groups in total. The summed E-state index contributed by atoms with van der Waals surface area (Å²) in [6.07, 6.45) is 16.4. The van der Waals surface area contributed by atoms with E-state index in [9.17, 15) is 4.79 Å². The Hall–Kier alpha value is -0.850. The van der Waals surface area contributed by atoms with Crippen LogP contribution in [0.4, 0.5) is 0 Å². The number of rotatable bonds is 0. The van der Waals surface area contributed by atoms with Crippen molar-refractivity contribution in [3.05, 3.63) is 24.3 Å². The Bertz CT molecular complexity index is 502. The number of carbonyl (C=O) groups is 1. The number of fused-ring (bicyclic) bond motifs is 5. The maximum absolute atomic E-state index is 12.9. The van der Waals surface area contributed by atoms with Gasteiger partial charge in [-0.15, -0.1) is 0 Å². The number of carbonyl (C=O) groups excluding carboxylic acids is 1. The first-order valence-corrected chi connectivity index (χ1v) is 8.43. The van der Waals surface area contributed by atoms with Crippen LogP contribution in [0, 0.1) is 34.5 Å². The molecule has 0 radical (unpaired) electrons. The molecule has 0 amide bonds. The van der Waals surface area contributed by atoms with Gasteiger partial charge in [0, 0.05) is 12.3 Å². The molecule has 0 saturated heterocycles. The second-order valence-electron chi connectivity index (χ2n) is 8.21. The van der Waals surface area contributed by atoms with Crippen LogP contribution < -0.4 is 0 Å². The van der Waals surface area contributed by atoms with Crippen LogP contribution in [0.25, 0.3) is 0 Å². The van der Waals surface area contributed by atoms with Gasteiger partial charge in [0.15, 0.2) is 0 Å². The number of allylic oxidation sites excluding steroid dienone is 4. The third-order valence-corrected chi connectivity index (χ3v) is 7.35. The van der Waals surface area contributed by atoms with Crippen LogP contribution >= 0.6 is 0 Å². The molecule has 4 aliphatic rings. The Labute approximate surface area is 122 Å². The van der Waals surface area contributed by atoms with Crippen molar-refractivity contribution in [3.8, 4) is 0 Å². The van der Waals surface area contributed by atoms with E-state index >= 15 is 0 Å². The van der Waals surface area contributed by atoms with Crippen molar-refractivity contribution in [2.24, 2.45) is 34.5 Å². The zero-order valence-electron chi connectivity index (χ0n) is 12.8. The van der Waals surface area contributed by atoms with Gasteiger partial charge in [-0.25, -0.2) is 0 Å². The van der Waals surface area contributed by atoms with Crippen LogP contribution in [-0.2, 0) is 4.79 Å². The molecule has 4 aliphatic carbocycles. The van der Waals surface area contributed by atoms with E-state index in [4.69, 9.17) is 0 Å². The van der Waals surface area contributed by atoms with Gasteiger partial charge in [0.2, 0.25) is 0 Å². The molecule has 0 aromatic rings. The summed E-state index contributed by atoms with van der Waals surface area (Å²) in [5.74, 6) is 2.65. The molecule has 3 fully saturated rings. The Balaban J connectivity index is 1.75. The predicted octanol–water partition coefficient (Wildman–Crippen LogP) is 4.54. The number of ketones is 1. The minimum atomic E-state index is 0.233. The lowest BCUT2D eigenvalue weighted by Gasteiger charge is -2.56. The first kappa shape index (κ1) is 12.9. The smallest absolute Gasteiger partial charge is 0.137 e. The Kier molecular flexibility index (Phi) is 2.63. The lowest BCUT2D eigenvalue weighted by Crippen LogP contribution is -2.54. The molecular weight excluding hydrogens is 244 g/mol. The van der Waals surface area contributed by atoms with Crippen molar-refractivity contribution < 1.29 is 4.79 Å². The summed E-state index contributed by atoms with van der Waals surface area (Å²) >= 11 is 0. The first-order valence-electron chi connectivity index (χ1n) is 8.43. The highest BCUT2D eigenvalue weighted by molar-refractivity contribution is 5.84. The molecular formula is C19H26O. The van der Waals surface area contributed by atoms with Crippen molar-refractivity contribution in [1.29, 1.82) is 0 Å². The Morgan fingerprint density at radius 2 is 1.95 bits per heavy atom. The van der Waals surface area contributed by atoms with E-state index < -0.39 is 0 Å². The normalized spacial score (nSPS) is 53.4. The SMILES string of the molecule is C[C@@]12CCC[C@H]1[C@@H]1C(=O)CC3C=CC=C[C@]3(C)[C@H]1CC2. The molecule has 0 spiro atoms. The maximum atomic E-state index is 12.9. The van der Waals surface area contributed by atoms with Crippen LogP contribution in [0.15, 0.2) is 24.3 Å². The molecule has 0 heterocycles. The van der Waals surface area contributed by atoms with Crippen molar-refractivity contribution >= 4 is 5.78 Å². The van der Waals surface area contributed by atoms with Gasteiger partial charge < -0.3 is 0 Å². The van der Waals surface area contributed by atoms with Gasteiger partial charge in [0.05, 0.1) is 0 Å². The molecule has 108 valence electrons. The van der Waals surface area contributed by atoms with Crippen molar-refractivity contribution in [2.75, 3.05) is 0 Å². The van der Waals surface area contributed by atoms with Crippen LogP contribution in [-0.4, -0.2) is 5.78 Å². The molecule has 3 saturated carbocycles.